The van der Waals surface area contributed by atoms with Crippen molar-refractivity contribution in [3.63, 3.8) is 0 Å². The molecule has 1 aliphatic carbocycles. The SMILES string of the molecule is CNC(=O)C(Cc1cc2ccccc2n1C(=O)OC(C)(C)C)NC(=O)C(CC(C)C)NC(=O)C(CCCCn1cc(CC(N)C(=O)N2CCCCC2)nn1)NC(=O)C(NC(=O)C(CCCCNC(=O)OC(C)(C)C)NC(=O)C(Cc1cc2ccccc2n1C(=O)OC(C)(C)C)NC(=O)C(CCCCN=C(CC(C)C)C1=C(O)CC(C)(C)CC1=O)NC(C)=O)C(C)C. The van der Waals surface area contributed by atoms with E-state index < -0.39 is 148 Å². The number of carbonyl (C=O) groups excluding carboxylic acids is 13. The molecule has 1 fully saturated rings. The maximum atomic E-state index is 15.7. The first-order valence-electron chi connectivity index (χ1n) is 44.5. The van der Waals surface area contributed by atoms with E-state index in [-0.39, 0.29) is 124 Å². The predicted octanol–water partition coefficient (Wildman–Crippen LogP) is 9.71. The molecule has 8 atom stereocenters. The number of aliphatic imine (C=N–C) groups is 1. The number of allylic oxidation sites excluding steroid dienone is 2. The Morgan fingerprint density at radius 2 is 1.04 bits per heavy atom. The molecule has 0 saturated carbocycles. The Kier molecular flexibility index (Phi) is 37.6. The molecular formula is C92H139N17O17. The van der Waals surface area contributed by atoms with Gasteiger partial charge in [-0.15, -0.1) is 5.10 Å². The van der Waals surface area contributed by atoms with Gasteiger partial charge in [-0.25, -0.2) is 23.5 Å². The highest BCUT2D eigenvalue weighted by Crippen LogP contribution is 2.37. The quantitative estimate of drug-likeness (QED) is 0.00983. The van der Waals surface area contributed by atoms with E-state index in [1.807, 2.05) is 41.5 Å². The number of unbranched alkanes of at least 4 members (excludes halogenated alkanes) is 3. The molecule has 10 amide bonds. The average molecular weight is 1760 g/mol. The van der Waals surface area contributed by atoms with Crippen molar-refractivity contribution in [1.29, 1.82) is 0 Å². The van der Waals surface area contributed by atoms with E-state index in [4.69, 9.17) is 24.9 Å². The number of aliphatic hydroxyl groups excluding tert-OH is 1. The number of ketones is 1. The summed E-state index contributed by atoms with van der Waals surface area (Å²) >= 11 is 0. The molecule has 3 aromatic heterocycles. The van der Waals surface area contributed by atoms with Gasteiger partial charge in [-0.1, -0.05) is 97.0 Å². The molecule has 4 heterocycles. The number of Topliss-reactive ketones (excluding diaryl/α,β-unsaturated/α-hetero) is 1. The molecule has 34 nitrogen and oxygen atoms in total. The lowest BCUT2D eigenvalue weighted by Gasteiger charge is -2.30. The monoisotopic (exact) mass is 1750 g/mol. The van der Waals surface area contributed by atoms with Crippen LogP contribution in [0.5, 0.6) is 0 Å². The molecule has 0 spiro atoms. The fourth-order valence-electron chi connectivity index (χ4n) is 15.4. The number of alkyl carbamates (subject to hydrolysis) is 1. The fourth-order valence-corrected chi connectivity index (χ4v) is 15.4. The number of likely N-dealkylation sites (N-methyl/N-ethyl adjacent to an activating group) is 1. The highest BCUT2D eigenvalue weighted by molar-refractivity contribution is 6.23. The normalized spacial score (nSPS) is 15.9. The maximum Gasteiger partial charge on any atom is 0.419 e. The number of hydrogen-bond acceptors (Lipinski definition) is 21. The Hall–Kier alpha value is -11.1. The summed E-state index contributed by atoms with van der Waals surface area (Å²) in [6.07, 6.45) is 4.31. The van der Waals surface area contributed by atoms with E-state index in [2.05, 4.69) is 58.2 Å². The summed E-state index contributed by atoms with van der Waals surface area (Å²) in [6.45, 7) is 33.2. The lowest BCUT2D eigenvalue weighted by molar-refractivity contribution is -0.136. The molecule has 126 heavy (non-hydrogen) atoms. The van der Waals surface area contributed by atoms with Gasteiger partial charge < -0.3 is 77.8 Å². The minimum atomic E-state index is -1.63. The Morgan fingerprint density at radius 1 is 0.563 bits per heavy atom. The number of ether oxygens (including phenoxy) is 3. The molecule has 12 N–H and O–H groups in total. The number of likely N-dealkylation sites (tertiary alicyclic amines) is 1. The Balaban J connectivity index is 1.21. The lowest BCUT2D eigenvalue weighted by atomic mass is 9.75. The van der Waals surface area contributed by atoms with E-state index in [0.29, 0.717) is 84.1 Å². The van der Waals surface area contributed by atoms with Gasteiger partial charge in [0, 0.05) is 113 Å². The summed E-state index contributed by atoms with van der Waals surface area (Å²) in [5.74, 6) is -7.53. The second kappa shape index (κ2) is 46.4. The van der Waals surface area contributed by atoms with Crippen LogP contribution >= 0.6 is 0 Å². The van der Waals surface area contributed by atoms with Crippen molar-refractivity contribution in [1.82, 2.24) is 76.9 Å². The topological polar surface area (TPSA) is 460 Å². The van der Waals surface area contributed by atoms with E-state index in [1.54, 1.807) is 153 Å². The van der Waals surface area contributed by atoms with Crippen LogP contribution in [0.4, 0.5) is 14.4 Å². The van der Waals surface area contributed by atoms with Crippen LogP contribution in [0.15, 0.2) is 83.2 Å². The second-order valence-corrected chi connectivity index (χ2v) is 38.2. The van der Waals surface area contributed by atoms with E-state index in [9.17, 15) is 43.5 Å². The number of para-hydroxylation sites is 2. The van der Waals surface area contributed by atoms with Crippen molar-refractivity contribution in [2.24, 2.45) is 33.9 Å². The number of nitrogens with zero attached hydrogens (tertiary/aromatic N) is 7. The molecule has 1 saturated heterocycles. The van der Waals surface area contributed by atoms with Gasteiger partial charge >= 0.3 is 18.3 Å². The summed E-state index contributed by atoms with van der Waals surface area (Å²) in [5.41, 5.74) is 5.91. The van der Waals surface area contributed by atoms with Crippen molar-refractivity contribution >= 4 is 105 Å². The maximum absolute atomic E-state index is 15.7. The number of aromatic nitrogens is 5. The number of amides is 10. The number of fused-ring (bicyclic) bond motifs is 2. The first-order chi connectivity index (χ1) is 59.1. The number of nitrogens with one attached hydrogen (secondary N) is 9. The summed E-state index contributed by atoms with van der Waals surface area (Å²) in [5, 5.41) is 46.2. The molecule has 0 radical (unpaired) electrons. The zero-order valence-corrected chi connectivity index (χ0v) is 77.4. The molecule has 1 aliphatic heterocycles. The van der Waals surface area contributed by atoms with Crippen LogP contribution in [0.2, 0.25) is 0 Å². The average Bonchev–Trinajstić information content (AvgIpc) is 1.65. The summed E-state index contributed by atoms with van der Waals surface area (Å²) in [7, 11) is 1.40. The number of aliphatic hydroxyl groups is 1. The van der Waals surface area contributed by atoms with E-state index in [0.717, 1.165) is 19.3 Å². The smallest absolute Gasteiger partial charge is 0.419 e. The van der Waals surface area contributed by atoms with Crippen LogP contribution in [0.1, 0.15) is 244 Å². The molecule has 2 aromatic carbocycles. The minimum Gasteiger partial charge on any atom is -0.511 e. The van der Waals surface area contributed by atoms with Gasteiger partial charge in [0.15, 0.2) is 5.78 Å². The van der Waals surface area contributed by atoms with Gasteiger partial charge in [0.2, 0.25) is 53.2 Å². The van der Waals surface area contributed by atoms with Crippen LogP contribution in [-0.2, 0) is 88.0 Å². The van der Waals surface area contributed by atoms with Gasteiger partial charge in [0.25, 0.3) is 0 Å². The number of nitrogens with two attached hydrogens (primary N) is 1. The third-order valence-corrected chi connectivity index (χ3v) is 21.3. The minimum absolute atomic E-state index is 0.00706. The van der Waals surface area contributed by atoms with Gasteiger partial charge in [-0.2, -0.15) is 0 Å². The largest absolute Gasteiger partial charge is 0.511 e. The number of hydrogen-bond donors (Lipinski definition) is 11. The molecule has 8 unspecified atom stereocenters. The van der Waals surface area contributed by atoms with Crippen molar-refractivity contribution in [3.05, 3.63) is 95.3 Å². The van der Waals surface area contributed by atoms with Crippen LogP contribution in [-0.4, -0.2) is 215 Å². The molecular weight excluding hydrogens is 1620 g/mol. The number of rotatable bonds is 42. The fraction of sp³-hybridized carbons (Fsp3) is 0.630. The number of piperidine rings is 1. The third-order valence-electron chi connectivity index (χ3n) is 21.3. The van der Waals surface area contributed by atoms with Crippen LogP contribution in [0, 0.1) is 23.2 Å². The van der Waals surface area contributed by atoms with Crippen LogP contribution < -0.4 is 53.6 Å². The van der Waals surface area contributed by atoms with E-state index in [1.165, 1.54) is 23.1 Å². The lowest BCUT2D eigenvalue weighted by Crippen LogP contribution is -2.61. The van der Waals surface area contributed by atoms with Crippen molar-refractivity contribution < 1.29 is 81.6 Å². The molecule has 694 valence electrons. The number of benzene rings is 2. The molecule has 0 bridgehead atoms. The summed E-state index contributed by atoms with van der Waals surface area (Å²) in [4.78, 5) is 194. The standard InChI is InChI=1S/C92H139N17O17/c1-55(2)45-68(76-74(111)52-92(17,18)53-75(76)112)95-40-28-25-35-65(97-58(7)110)79(114)102-71(51-63-48-60-34-22-24-39-73(60)109(63)88(123)126-91(14,15)16)83(118)98-67(36-26-29-41-96-86(121)124-89(8,9)10)81(116)103-77(57(5)6)84(119)99-66(37-27-32-44-107-54-61(104-105-107)49-64(93)85(120)106-42-30-20-31-43-106)80(115)100-69(46-56(3)4)82(117)101-70(78(113)94-19)50-62-47-59-33-21-23-38-72(59)108(62)87(122)125-90(11,12)13/h21-24,33-34,38-39,47-48,54-57,64-67,69-71,77,111H,20,25-32,35-37,40-46,49-53,93H2,1-19H3,(H,94,113)(H,96,121)(H,97,110)(H,98,118)(H,99,119)(H,100,115)(H,101,117)(H,102,114)(H,103,116). The first kappa shape index (κ1) is 102. The van der Waals surface area contributed by atoms with Crippen LogP contribution in [0.3, 0.4) is 0 Å². The highest BCUT2D eigenvalue weighted by Gasteiger charge is 2.40. The number of aryl methyl sites for hydroxylation is 1. The summed E-state index contributed by atoms with van der Waals surface area (Å²) < 4.78 is 21.4. The molecule has 2 aliphatic rings. The van der Waals surface area contributed by atoms with Gasteiger partial charge in [0.05, 0.1) is 28.3 Å². The predicted molar refractivity (Wildman–Crippen MR) is 479 cm³/mol. The Morgan fingerprint density at radius 3 is 1.55 bits per heavy atom. The van der Waals surface area contributed by atoms with Crippen molar-refractivity contribution in [2.45, 2.75) is 318 Å². The molecule has 5 aromatic rings. The second-order valence-electron chi connectivity index (χ2n) is 38.2. The molecule has 34 heteroatoms. The van der Waals surface area contributed by atoms with Crippen molar-refractivity contribution in [2.75, 3.05) is 33.2 Å². The zero-order valence-electron chi connectivity index (χ0n) is 77.4. The molecule has 7 rings (SSSR count). The third kappa shape index (κ3) is 32.1. The van der Waals surface area contributed by atoms with E-state index >= 15 is 24.0 Å². The van der Waals surface area contributed by atoms with Gasteiger partial charge in [-0.3, -0.25) is 57.6 Å². The van der Waals surface area contributed by atoms with Gasteiger partial charge in [-0.05, 0) is 200 Å². The number of carbonyl (C=O) groups is 13. The van der Waals surface area contributed by atoms with Gasteiger partial charge in [0.1, 0.15) is 64.9 Å². The first-order valence-corrected chi connectivity index (χ1v) is 44.5. The van der Waals surface area contributed by atoms with Crippen molar-refractivity contribution in [3.8, 4) is 0 Å². The van der Waals surface area contributed by atoms with Crippen LogP contribution in [0.25, 0.3) is 21.8 Å². The highest BCUT2D eigenvalue weighted by atomic mass is 16.6. The zero-order chi connectivity index (χ0) is 93.3. The Labute approximate surface area is 740 Å². The summed E-state index contributed by atoms with van der Waals surface area (Å²) in [6, 6.07) is 6.59. The Bertz CT molecular complexity index is 4700.